The number of allylic oxidation sites excluding steroid dienone is 1. The van der Waals surface area contributed by atoms with Crippen LogP contribution in [0.25, 0.3) is 0 Å². The molecule has 7 heteroatoms. The molecule has 6 nitrogen and oxygen atoms in total. The molecular weight excluding hydrogens is 319 g/mol. The lowest BCUT2D eigenvalue weighted by atomic mass is 9.94. The number of benzene rings is 1. The number of phosphoric acid groups is 1. The minimum Gasteiger partial charge on any atom is -0.463 e. The van der Waals surface area contributed by atoms with Crippen LogP contribution in [-0.4, -0.2) is 29.0 Å². The van der Waals surface area contributed by atoms with Crippen molar-refractivity contribution in [3.8, 4) is 0 Å². The monoisotopic (exact) mass is 342 g/mol. The van der Waals surface area contributed by atoms with E-state index in [2.05, 4.69) is 4.52 Å². The molecule has 0 aliphatic carbocycles. The van der Waals surface area contributed by atoms with Gasteiger partial charge in [0.25, 0.3) is 0 Å². The van der Waals surface area contributed by atoms with E-state index >= 15 is 0 Å². The van der Waals surface area contributed by atoms with Crippen LogP contribution in [0.15, 0.2) is 42.0 Å². The first kappa shape index (κ1) is 19.6. The first-order chi connectivity index (χ1) is 10.7. The summed E-state index contributed by atoms with van der Waals surface area (Å²) >= 11 is 0. The largest absolute Gasteiger partial charge is 0.469 e. The van der Waals surface area contributed by atoms with Crippen LogP contribution in [0.4, 0.5) is 0 Å². The van der Waals surface area contributed by atoms with Crippen LogP contribution in [0.3, 0.4) is 0 Å². The molecule has 0 bridgehead atoms. The van der Waals surface area contributed by atoms with E-state index in [0.717, 1.165) is 11.1 Å². The van der Waals surface area contributed by atoms with Crippen molar-refractivity contribution in [3.05, 3.63) is 47.5 Å². The van der Waals surface area contributed by atoms with Gasteiger partial charge in [-0.2, -0.15) is 0 Å². The summed E-state index contributed by atoms with van der Waals surface area (Å²) in [6.07, 6.45) is 2.01. The van der Waals surface area contributed by atoms with E-state index in [1.165, 1.54) is 0 Å². The molecule has 2 unspecified atom stereocenters. The van der Waals surface area contributed by atoms with Crippen molar-refractivity contribution in [1.29, 1.82) is 0 Å². The van der Waals surface area contributed by atoms with Gasteiger partial charge in [-0.1, -0.05) is 48.9 Å². The molecule has 23 heavy (non-hydrogen) atoms. The number of phosphoric ester groups is 1. The van der Waals surface area contributed by atoms with Gasteiger partial charge in [-0.15, -0.1) is 0 Å². The summed E-state index contributed by atoms with van der Waals surface area (Å²) in [6, 6.07) is 9.93. The van der Waals surface area contributed by atoms with Crippen molar-refractivity contribution in [2.24, 2.45) is 5.92 Å². The molecule has 0 aromatic heterocycles. The van der Waals surface area contributed by atoms with Crippen molar-refractivity contribution in [2.45, 2.75) is 26.7 Å². The maximum absolute atomic E-state index is 11.9. The summed E-state index contributed by atoms with van der Waals surface area (Å²) in [5.41, 5.74) is 2.03. The second kappa shape index (κ2) is 8.99. The molecule has 0 heterocycles. The maximum atomic E-state index is 11.9. The molecule has 0 aliphatic rings. The summed E-state index contributed by atoms with van der Waals surface area (Å²) < 4.78 is 19.7. The van der Waals surface area contributed by atoms with Crippen molar-refractivity contribution >= 4 is 13.8 Å². The van der Waals surface area contributed by atoms with E-state index in [0.29, 0.717) is 0 Å². The molecule has 1 rings (SSSR count). The quantitative estimate of drug-likeness (QED) is 0.326. The number of hydrogen-bond donors (Lipinski definition) is 2. The molecule has 0 radical (unpaired) electrons. The Morgan fingerprint density at radius 1 is 1.22 bits per heavy atom. The number of ether oxygens (including phenoxy) is 1. The van der Waals surface area contributed by atoms with Crippen molar-refractivity contribution in [2.75, 3.05) is 13.2 Å². The second-order valence-corrected chi connectivity index (χ2v) is 6.56. The first-order valence-electron chi connectivity index (χ1n) is 7.30. The van der Waals surface area contributed by atoms with Crippen molar-refractivity contribution < 1.29 is 28.4 Å². The van der Waals surface area contributed by atoms with Gasteiger partial charge in [-0.05, 0) is 25.3 Å². The minimum absolute atomic E-state index is 0.171. The fourth-order valence-electron chi connectivity index (χ4n) is 2.00. The fraction of sp³-hybridized carbons (Fsp3) is 0.438. The lowest BCUT2D eigenvalue weighted by Crippen LogP contribution is -2.18. The Morgan fingerprint density at radius 2 is 1.83 bits per heavy atom. The van der Waals surface area contributed by atoms with Crippen molar-refractivity contribution in [1.82, 2.24) is 0 Å². The Labute approximate surface area is 136 Å². The molecule has 0 spiro atoms. The van der Waals surface area contributed by atoms with Crippen LogP contribution < -0.4 is 0 Å². The molecule has 128 valence electrons. The molecular formula is C16H23O6P. The summed E-state index contributed by atoms with van der Waals surface area (Å²) in [6.45, 7) is 5.10. The Bertz CT molecular complexity index is 577. The molecule has 2 atom stereocenters. The van der Waals surface area contributed by atoms with E-state index in [-0.39, 0.29) is 19.1 Å². The predicted octanol–water partition coefficient (Wildman–Crippen LogP) is 3.03. The summed E-state index contributed by atoms with van der Waals surface area (Å²) in [5, 5.41) is 0. The Kier molecular flexibility index (Phi) is 7.65. The fourth-order valence-corrected chi connectivity index (χ4v) is 2.31. The summed E-state index contributed by atoms with van der Waals surface area (Å²) in [5.74, 6) is -0.714. The zero-order valence-electron chi connectivity index (χ0n) is 13.5. The van der Waals surface area contributed by atoms with Gasteiger partial charge in [0.15, 0.2) is 0 Å². The van der Waals surface area contributed by atoms with E-state index < -0.39 is 19.7 Å². The molecule has 1 aromatic carbocycles. The number of esters is 1. The normalized spacial score (nSPS) is 15.1. The van der Waals surface area contributed by atoms with Gasteiger partial charge in [0, 0.05) is 0 Å². The van der Waals surface area contributed by atoms with Gasteiger partial charge in [0.05, 0.1) is 12.5 Å². The van der Waals surface area contributed by atoms with Crippen LogP contribution >= 0.6 is 7.82 Å². The summed E-state index contributed by atoms with van der Waals surface area (Å²) in [7, 11) is -4.52. The van der Waals surface area contributed by atoms with Crippen LogP contribution in [0, 0.1) is 5.92 Å². The molecule has 0 saturated carbocycles. The lowest BCUT2D eigenvalue weighted by Gasteiger charge is -2.15. The summed E-state index contributed by atoms with van der Waals surface area (Å²) in [4.78, 5) is 29.0. The van der Waals surface area contributed by atoms with Gasteiger partial charge >= 0.3 is 13.8 Å². The molecule has 0 amide bonds. The predicted molar refractivity (Wildman–Crippen MR) is 86.7 cm³/mol. The Hall–Kier alpha value is -1.46. The maximum Gasteiger partial charge on any atom is 0.469 e. The highest BCUT2D eigenvalue weighted by atomic mass is 31.2. The lowest BCUT2D eigenvalue weighted by molar-refractivity contribution is -0.147. The van der Waals surface area contributed by atoms with Gasteiger partial charge in [-0.25, -0.2) is 4.57 Å². The highest BCUT2D eigenvalue weighted by molar-refractivity contribution is 7.46. The smallest absolute Gasteiger partial charge is 0.463 e. The molecule has 2 N–H and O–H groups in total. The molecule has 0 aliphatic heterocycles. The Morgan fingerprint density at radius 3 is 2.39 bits per heavy atom. The third-order valence-corrected chi connectivity index (χ3v) is 3.98. The van der Waals surface area contributed by atoms with E-state index in [4.69, 9.17) is 14.5 Å². The van der Waals surface area contributed by atoms with Gasteiger partial charge < -0.3 is 14.5 Å². The molecule has 0 saturated heterocycles. The van der Waals surface area contributed by atoms with Gasteiger partial charge in [-0.3, -0.25) is 9.32 Å². The third kappa shape index (κ3) is 7.57. The second-order valence-electron chi connectivity index (χ2n) is 5.32. The van der Waals surface area contributed by atoms with Crippen LogP contribution in [0.5, 0.6) is 0 Å². The van der Waals surface area contributed by atoms with E-state index in [1.54, 1.807) is 6.92 Å². The van der Waals surface area contributed by atoms with Gasteiger partial charge in [0.2, 0.25) is 0 Å². The van der Waals surface area contributed by atoms with Crippen LogP contribution in [-0.2, 0) is 18.6 Å². The highest BCUT2D eigenvalue weighted by Gasteiger charge is 2.18. The number of rotatable bonds is 8. The molecule has 1 aromatic rings. The van der Waals surface area contributed by atoms with E-state index in [9.17, 15) is 9.36 Å². The standard InChI is InChI=1S/C16H23O6P/c1-12(11-13(2)15-7-5-4-6-8-15)14(3)16(17)21-9-10-22-23(18,19)20/h4-8,11,13-14H,9-10H2,1-3H3,(H2,18,19,20). The van der Waals surface area contributed by atoms with E-state index in [1.807, 2.05) is 50.3 Å². The number of carbonyl (C=O) groups excluding carboxylic acids is 1. The topological polar surface area (TPSA) is 93.1 Å². The number of hydrogen-bond acceptors (Lipinski definition) is 4. The highest BCUT2D eigenvalue weighted by Crippen LogP contribution is 2.35. The van der Waals surface area contributed by atoms with Gasteiger partial charge in [0.1, 0.15) is 6.61 Å². The SMILES string of the molecule is CC(=CC(C)c1ccccc1)C(C)C(=O)OCCOP(=O)(O)O. The van der Waals surface area contributed by atoms with Crippen LogP contribution in [0.2, 0.25) is 0 Å². The van der Waals surface area contributed by atoms with Crippen LogP contribution in [0.1, 0.15) is 32.3 Å². The zero-order valence-corrected chi connectivity index (χ0v) is 14.4. The average Bonchev–Trinajstić information content (AvgIpc) is 2.50. The Balaban J connectivity index is 2.51. The minimum atomic E-state index is -4.52. The third-order valence-electron chi connectivity index (χ3n) is 3.46. The first-order valence-corrected chi connectivity index (χ1v) is 8.83. The van der Waals surface area contributed by atoms with Crippen molar-refractivity contribution in [3.63, 3.8) is 0 Å². The average molecular weight is 342 g/mol. The molecule has 0 fully saturated rings. The number of carbonyl (C=O) groups is 1. The zero-order chi connectivity index (χ0) is 17.5.